The first-order valence-electron chi connectivity index (χ1n) is 6.14. The summed E-state index contributed by atoms with van der Waals surface area (Å²) in [7, 11) is 1.61. The van der Waals surface area contributed by atoms with Crippen LogP contribution in [0.4, 0.5) is 0 Å². The molecule has 0 radical (unpaired) electrons. The van der Waals surface area contributed by atoms with Crippen LogP contribution in [0.25, 0.3) is 0 Å². The van der Waals surface area contributed by atoms with Crippen molar-refractivity contribution in [2.75, 3.05) is 13.7 Å². The van der Waals surface area contributed by atoms with Crippen molar-refractivity contribution >= 4 is 0 Å². The zero-order valence-electron chi connectivity index (χ0n) is 11.0. The lowest BCUT2D eigenvalue weighted by Gasteiger charge is -2.13. The summed E-state index contributed by atoms with van der Waals surface area (Å²) < 4.78 is 10.5. The fourth-order valence-electron chi connectivity index (χ4n) is 1.81. The van der Waals surface area contributed by atoms with Gasteiger partial charge in [-0.1, -0.05) is 12.1 Å². The predicted molar refractivity (Wildman–Crippen MR) is 72.5 cm³/mol. The predicted octanol–water partition coefficient (Wildman–Crippen LogP) is 2.57. The molecule has 1 heterocycles. The maximum Gasteiger partial charge on any atom is 0.137 e. The number of pyridine rings is 1. The fraction of sp³-hybridized carbons (Fsp3) is 0.267. The summed E-state index contributed by atoms with van der Waals surface area (Å²) in [5, 5.41) is 10.3. The Labute approximate surface area is 112 Å². The molecule has 4 nitrogen and oxygen atoms in total. The average molecular weight is 259 g/mol. The van der Waals surface area contributed by atoms with Gasteiger partial charge in [-0.05, 0) is 30.7 Å². The van der Waals surface area contributed by atoms with E-state index in [-0.39, 0.29) is 0 Å². The summed E-state index contributed by atoms with van der Waals surface area (Å²) in [6.07, 6.45) is 2.55. The molecule has 1 N–H and O–H groups in total. The Kier molecular flexibility index (Phi) is 4.36. The van der Waals surface area contributed by atoms with E-state index < -0.39 is 6.10 Å². The zero-order chi connectivity index (χ0) is 13.7. The molecule has 1 unspecified atom stereocenters. The van der Waals surface area contributed by atoms with Crippen molar-refractivity contribution in [1.82, 2.24) is 4.98 Å². The molecule has 1 atom stereocenters. The monoisotopic (exact) mass is 259 g/mol. The molecule has 2 aromatic rings. The van der Waals surface area contributed by atoms with Crippen molar-refractivity contribution in [3.05, 3.63) is 53.9 Å². The maximum atomic E-state index is 10.3. The quantitative estimate of drug-likeness (QED) is 0.896. The number of aliphatic hydroxyl groups excluding tert-OH is 1. The second-order valence-corrected chi connectivity index (χ2v) is 4.06. The van der Waals surface area contributed by atoms with Gasteiger partial charge in [0, 0.05) is 11.8 Å². The lowest BCUT2D eigenvalue weighted by molar-refractivity contribution is 0.219. The maximum absolute atomic E-state index is 10.3. The van der Waals surface area contributed by atoms with Crippen LogP contribution in [0.3, 0.4) is 0 Å². The third kappa shape index (κ3) is 3.23. The number of aliphatic hydroxyl groups is 1. The summed E-state index contributed by atoms with van der Waals surface area (Å²) in [4.78, 5) is 4.07. The van der Waals surface area contributed by atoms with E-state index in [0.717, 1.165) is 11.3 Å². The number of ether oxygens (including phenoxy) is 2. The molecule has 0 saturated carbocycles. The molecule has 0 aliphatic rings. The van der Waals surface area contributed by atoms with Gasteiger partial charge in [-0.3, -0.25) is 4.98 Å². The minimum absolute atomic E-state index is 0.573. The van der Waals surface area contributed by atoms with Gasteiger partial charge in [0.15, 0.2) is 0 Å². The lowest BCUT2D eigenvalue weighted by Crippen LogP contribution is -2.01. The van der Waals surface area contributed by atoms with Crippen molar-refractivity contribution in [1.29, 1.82) is 0 Å². The van der Waals surface area contributed by atoms with Crippen LogP contribution in [-0.4, -0.2) is 23.8 Å². The molecular formula is C15H17NO3. The number of aromatic nitrogens is 1. The first-order chi connectivity index (χ1) is 9.24. The first-order valence-corrected chi connectivity index (χ1v) is 6.14. The minimum atomic E-state index is -0.723. The molecule has 0 spiro atoms. The Hall–Kier alpha value is -2.07. The van der Waals surface area contributed by atoms with E-state index in [1.807, 2.05) is 31.2 Å². The van der Waals surface area contributed by atoms with E-state index in [1.165, 1.54) is 0 Å². The first kappa shape index (κ1) is 13.4. The third-order valence-electron chi connectivity index (χ3n) is 2.79. The molecule has 0 aliphatic heterocycles. The molecule has 1 aromatic heterocycles. The van der Waals surface area contributed by atoms with Crippen LogP contribution in [0.1, 0.15) is 24.2 Å². The highest BCUT2D eigenvalue weighted by Crippen LogP contribution is 2.25. The summed E-state index contributed by atoms with van der Waals surface area (Å²) in [6.45, 7) is 2.48. The molecule has 100 valence electrons. The van der Waals surface area contributed by atoms with Crippen LogP contribution in [0, 0.1) is 0 Å². The SMILES string of the molecule is CCOc1cncc(C(O)c2ccc(OC)cc2)c1. The van der Waals surface area contributed by atoms with Gasteiger partial charge < -0.3 is 14.6 Å². The van der Waals surface area contributed by atoms with Gasteiger partial charge in [0.2, 0.25) is 0 Å². The van der Waals surface area contributed by atoms with Crippen LogP contribution in [0.2, 0.25) is 0 Å². The molecule has 0 fully saturated rings. The molecular weight excluding hydrogens is 242 g/mol. The lowest BCUT2D eigenvalue weighted by atomic mass is 10.0. The molecule has 0 saturated heterocycles. The van der Waals surface area contributed by atoms with E-state index in [2.05, 4.69) is 4.98 Å². The highest BCUT2D eigenvalue weighted by Gasteiger charge is 2.11. The highest BCUT2D eigenvalue weighted by molar-refractivity contribution is 5.35. The zero-order valence-corrected chi connectivity index (χ0v) is 11.0. The van der Waals surface area contributed by atoms with Gasteiger partial charge in [0.1, 0.15) is 17.6 Å². The Morgan fingerprint density at radius 2 is 1.84 bits per heavy atom. The molecule has 2 rings (SSSR count). The van der Waals surface area contributed by atoms with Crippen LogP contribution in [-0.2, 0) is 0 Å². The molecule has 0 amide bonds. The normalized spacial score (nSPS) is 11.9. The summed E-state index contributed by atoms with van der Waals surface area (Å²) in [6, 6.07) is 9.09. The summed E-state index contributed by atoms with van der Waals surface area (Å²) in [5.41, 5.74) is 1.49. The van der Waals surface area contributed by atoms with Gasteiger partial charge in [-0.2, -0.15) is 0 Å². The van der Waals surface area contributed by atoms with Crippen molar-refractivity contribution < 1.29 is 14.6 Å². The van der Waals surface area contributed by atoms with Gasteiger partial charge in [-0.15, -0.1) is 0 Å². The molecule has 0 bridgehead atoms. The molecule has 19 heavy (non-hydrogen) atoms. The summed E-state index contributed by atoms with van der Waals surface area (Å²) in [5.74, 6) is 1.42. The molecule has 1 aromatic carbocycles. The van der Waals surface area contributed by atoms with Crippen molar-refractivity contribution in [3.8, 4) is 11.5 Å². The Bertz CT molecular complexity index is 525. The third-order valence-corrected chi connectivity index (χ3v) is 2.79. The number of rotatable bonds is 5. The Morgan fingerprint density at radius 3 is 2.47 bits per heavy atom. The second-order valence-electron chi connectivity index (χ2n) is 4.06. The van der Waals surface area contributed by atoms with E-state index >= 15 is 0 Å². The minimum Gasteiger partial charge on any atom is -0.497 e. The van der Waals surface area contributed by atoms with Gasteiger partial charge in [0.05, 0.1) is 19.9 Å². The van der Waals surface area contributed by atoms with E-state index in [1.54, 1.807) is 25.6 Å². The standard InChI is InChI=1S/C15H17NO3/c1-3-19-14-8-12(9-16-10-14)15(17)11-4-6-13(18-2)7-5-11/h4-10,15,17H,3H2,1-2H3. The van der Waals surface area contributed by atoms with Gasteiger partial charge >= 0.3 is 0 Å². The van der Waals surface area contributed by atoms with Gasteiger partial charge in [-0.25, -0.2) is 0 Å². The van der Waals surface area contributed by atoms with Crippen molar-refractivity contribution in [2.24, 2.45) is 0 Å². The molecule has 4 heteroatoms. The molecule has 0 aliphatic carbocycles. The number of hydrogen-bond acceptors (Lipinski definition) is 4. The van der Waals surface area contributed by atoms with E-state index in [9.17, 15) is 5.11 Å². The Balaban J connectivity index is 2.22. The smallest absolute Gasteiger partial charge is 0.137 e. The van der Waals surface area contributed by atoms with Crippen LogP contribution < -0.4 is 9.47 Å². The fourth-order valence-corrected chi connectivity index (χ4v) is 1.81. The number of nitrogens with zero attached hydrogens (tertiary/aromatic N) is 1. The highest BCUT2D eigenvalue weighted by atomic mass is 16.5. The Morgan fingerprint density at radius 1 is 1.11 bits per heavy atom. The summed E-state index contributed by atoms with van der Waals surface area (Å²) >= 11 is 0. The number of hydrogen-bond donors (Lipinski definition) is 1. The van der Waals surface area contributed by atoms with Crippen LogP contribution in [0.15, 0.2) is 42.7 Å². The van der Waals surface area contributed by atoms with E-state index in [0.29, 0.717) is 17.9 Å². The number of methoxy groups -OCH3 is 1. The van der Waals surface area contributed by atoms with Crippen molar-refractivity contribution in [3.63, 3.8) is 0 Å². The van der Waals surface area contributed by atoms with Gasteiger partial charge in [0.25, 0.3) is 0 Å². The van der Waals surface area contributed by atoms with Crippen LogP contribution in [0.5, 0.6) is 11.5 Å². The largest absolute Gasteiger partial charge is 0.497 e. The van der Waals surface area contributed by atoms with E-state index in [4.69, 9.17) is 9.47 Å². The van der Waals surface area contributed by atoms with Crippen LogP contribution >= 0.6 is 0 Å². The average Bonchev–Trinajstić information content (AvgIpc) is 2.47. The topological polar surface area (TPSA) is 51.6 Å². The number of benzene rings is 1. The van der Waals surface area contributed by atoms with Crippen molar-refractivity contribution in [2.45, 2.75) is 13.0 Å². The second kappa shape index (κ2) is 6.20.